The third kappa shape index (κ3) is 3.86. The van der Waals surface area contributed by atoms with Crippen LogP contribution in [0.4, 0.5) is 13.2 Å². The number of methoxy groups -OCH3 is 1. The molecule has 0 radical (unpaired) electrons. The normalized spacial score (nSPS) is 25.9. The Morgan fingerprint density at radius 3 is 2.38 bits per heavy atom. The summed E-state index contributed by atoms with van der Waals surface area (Å²) in [6.45, 7) is 0. The van der Waals surface area contributed by atoms with Gasteiger partial charge in [0.2, 0.25) is 10.0 Å². The molecule has 2 heterocycles. The van der Waals surface area contributed by atoms with E-state index in [0.29, 0.717) is 18.9 Å². The van der Waals surface area contributed by atoms with E-state index in [1.807, 2.05) is 0 Å². The fourth-order valence-corrected chi connectivity index (χ4v) is 4.94. The summed E-state index contributed by atoms with van der Waals surface area (Å²) >= 11 is 0. The molecule has 144 valence electrons. The number of ether oxygens (including phenoxy) is 1. The van der Waals surface area contributed by atoms with Crippen molar-refractivity contribution in [1.29, 1.82) is 0 Å². The SMILES string of the molecule is COC(=O)c1ccc(S(=O)(=O)NC2CC3CCC(C2)N3)cc1C(F)(F)F. The molecule has 0 amide bonds. The summed E-state index contributed by atoms with van der Waals surface area (Å²) in [7, 11) is -3.18. The van der Waals surface area contributed by atoms with Crippen molar-refractivity contribution >= 4 is 16.0 Å². The molecule has 10 heteroatoms. The second-order valence-electron chi connectivity index (χ2n) is 6.62. The molecule has 2 atom stereocenters. The molecule has 1 aromatic carbocycles. The number of hydrogen-bond acceptors (Lipinski definition) is 5. The zero-order chi connectivity index (χ0) is 19.1. The average Bonchev–Trinajstić information content (AvgIpc) is 2.91. The van der Waals surface area contributed by atoms with E-state index < -0.39 is 38.2 Å². The first kappa shape index (κ1) is 19.1. The number of alkyl halides is 3. The molecule has 2 saturated heterocycles. The summed E-state index contributed by atoms with van der Waals surface area (Å²) in [4.78, 5) is 11.0. The number of esters is 1. The molecule has 0 aliphatic carbocycles. The molecule has 3 rings (SSSR count). The first-order valence-corrected chi connectivity index (χ1v) is 9.66. The van der Waals surface area contributed by atoms with Gasteiger partial charge in [0.15, 0.2) is 0 Å². The van der Waals surface area contributed by atoms with Gasteiger partial charge < -0.3 is 10.1 Å². The largest absolute Gasteiger partial charge is 0.465 e. The number of nitrogens with one attached hydrogen (secondary N) is 2. The van der Waals surface area contributed by atoms with E-state index in [9.17, 15) is 26.4 Å². The van der Waals surface area contributed by atoms with Crippen LogP contribution >= 0.6 is 0 Å². The minimum Gasteiger partial charge on any atom is -0.465 e. The Morgan fingerprint density at radius 1 is 1.23 bits per heavy atom. The molecule has 0 aromatic heterocycles. The molecule has 2 fully saturated rings. The summed E-state index contributed by atoms with van der Waals surface area (Å²) < 4.78 is 71.7. The Balaban J connectivity index is 1.88. The first-order valence-electron chi connectivity index (χ1n) is 8.18. The van der Waals surface area contributed by atoms with Crippen LogP contribution in [-0.2, 0) is 20.9 Å². The van der Waals surface area contributed by atoms with E-state index in [-0.39, 0.29) is 18.1 Å². The lowest BCUT2D eigenvalue weighted by molar-refractivity contribution is -0.138. The molecular formula is C16H19F3N2O4S. The number of benzene rings is 1. The molecule has 2 N–H and O–H groups in total. The van der Waals surface area contributed by atoms with E-state index in [1.165, 1.54) is 0 Å². The predicted octanol–water partition coefficient (Wildman–Crippen LogP) is 2.05. The predicted molar refractivity (Wildman–Crippen MR) is 86.1 cm³/mol. The van der Waals surface area contributed by atoms with Gasteiger partial charge in [-0.15, -0.1) is 0 Å². The fraction of sp³-hybridized carbons (Fsp3) is 0.562. The van der Waals surface area contributed by atoms with Crippen molar-refractivity contribution in [2.45, 2.75) is 54.9 Å². The van der Waals surface area contributed by atoms with E-state index >= 15 is 0 Å². The van der Waals surface area contributed by atoms with Crippen LogP contribution in [0.3, 0.4) is 0 Å². The van der Waals surface area contributed by atoms with Gasteiger partial charge in [0.25, 0.3) is 0 Å². The average molecular weight is 392 g/mol. The smallest absolute Gasteiger partial charge is 0.417 e. The van der Waals surface area contributed by atoms with Crippen molar-refractivity contribution in [1.82, 2.24) is 10.0 Å². The summed E-state index contributed by atoms with van der Waals surface area (Å²) in [5.74, 6) is -1.18. The lowest BCUT2D eigenvalue weighted by atomic mass is 10.0. The van der Waals surface area contributed by atoms with E-state index in [1.54, 1.807) is 0 Å². The van der Waals surface area contributed by atoms with E-state index in [0.717, 1.165) is 32.1 Å². The van der Waals surface area contributed by atoms with Gasteiger partial charge in [-0.3, -0.25) is 0 Å². The second kappa shape index (κ2) is 6.82. The number of carbonyl (C=O) groups excluding carboxylic acids is 1. The molecule has 0 spiro atoms. The summed E-state index contributed by atoms with van der Waals surface area (Å²) in [5.41, 5.74) is -2.06. The highest BCUT2D eigenvalue weighted by molar-refractivity contribution is 7.89. The van der Waals surface area contributed by atoms with Gasteiger partial charge in [-0.1, -0.05) is 0 Å². The molecule has 2 unspecified atom stereocenters. The monoisotopic (exact) mass is 392 g/mol. The zero-order valence-corrected chi connectivity index (χ0v) is 14.8. The Labute approximate surface area is 149 Å². The minimum absolute atomic E-state index is 0.230. The van der Waals surface area contributed by atoms with E-state index in [2.05, 4.69) is 14.8 Å². The van der Waals surface area contributed by atoms with Gasteiger partial charge in [-0.05, 0) is 43.9 Å². The van der Waals surface area contributed by atoms with E-state index in [4.69, 9.17) is 0 Å². The number of fused-ring (bicyclic) bond motifs is 2. The first-order chi connectivity index (χ1) is 12.1. The van der Waals surface area contributed by atoms with Crippen LogP contribution in [0.2, 0.25) is 0 Å². The summed E-state index contributed by atoms with van der Waals surface area (Å²) in [6, 6.07) is 2.43. The van der Waals surface area contributed by atoms with Crippen molar-refractivity contribution in [2.75, 3.05) is 7.11 Å². The zero-order valence-electron chi connectivity index (χ0n) is 14.0. The van der Waals surface area contributed by atoms with Gasteiger partial charge in [-0.25, -0.2) is 17.9 Å². The molecule has 2 aliphatic rings. The molecular weight excluding hydrogens is 373 g/mol. The van der Waals surface area contributed by atoms with Crippen LogP contribution in [0.5, 0.6) is 0 Å². The topological polar surface area (TPSA) is 84.5 Å². The Kier molecular flexibility index (Phi) is 5.02. The fourth-order valence-electron chi connectivity index (χ4n) is 3.65. The second-order valence-corrected chi connectivity index (χ2v) is 8.34. The molecule has 2 bridgehead atoms. The highest BCUT2D eigenvalue weighted by Crippen LogP contribution is 2.34. The van der Waals surface area contributed by atoms with Crippen LogP contribution in [0.25, 0.3) is 0 Å². The quantitative estimate of drug-likeness (QED) is 0.767. The number of halogens is 3. The van der Waals surface area contributed by atoms with Gasteiger partial charge in [0, 0.05) is 18.1 Å². The standard InChI is InChI=1S/C16H19F3N2O4S/c1-25-15(22)13-5-4-12(8-14(13)16(17,18)19)26(23,24)21-11-6-9-2-3-10(7-11)20-9/h4-5,8-11,20-21H,2-3,6-7H2,1H3. The number of sulfonamides is 1. The number of carbonyl (C=O) groups is 1. The number of hydrogen-bond donors (Lipinski definition) is 2. The minimum atomic E-state index is -4.89. The maximum atomic E-state index is 13.3. The molecule has 0 saturated carbocycles. The summed E-state index contributed by atoms with van der Waals surface area (Å²) in [6.07, 6.45) is -1.75. The third-order valence-electron chi connectivity index (χ3n) is 4.81. The van der Waals surface area contributed by atoms with Crippen molar-refractivity contribution in [2.24, 2.45) is 0 Å². The van der Waals surface area contributed by atoms with Crippen LogP contribution < -0.4 is 10.0 Å². The van der Waals surface area contributed by atoms with Crippen LogP contribution in [0.15, 0.2) is 23.1 Å². The summed E-state index contributed by atoms with van der Waals surface area (Å²) in [5, 5.41) is 3.37. The number of rotatable bonds is 4. The number of piperidine rings is 1. The van der Waals surface area contributed by atoms with Crippen molar-refractivity contribution in [3.63, 3.8) is 0 Å². The molecule has 26 heavy (non-hydrogen) atoms. The Morgan fingerprint density at radius 2 is 1.85 bits per heavy atom. The van der Waals surface area contributed by atoms with Gasteiger partial charge in [-0.2, -0.15) is 13.2 Å². The van der Waals surface area contributed by atoms with Gasteiger partial charge in [0.05, 0.1) is 23.1 Å². The maximum absolute atomic E-state index is 13.3. The van der Waals surface area contributed by atoms with Crippen LogP contribution in [-0.4, -0.2) is 39.6 Å². The molecule has 6 nitrogen and oxygen atoms in total. The highest BCUT2D eigenvalue weighted by Gasteiger charge is 2.38. The highest BCUT2D eigenvalue weighted by atomic mass is 32.2. The molecule has 1 aromatic rings. The van der Waals surface area contributed by atoms with Crippen molar-refractivity contribution in [3.05, 3.63) is 29.3 Å². The lowest BCUT2D eigenvalue weighted by Crippen LogP contribution is -2.47. The third-order valence-corrected chi connectivity index (χ3v) is 6.33. The van der Waals surface area contributed by atoms with Gasteiger partial charge >= 0.3 is 12.1 Å². The maximum Gasteiger partial charge on any atom is 0.417 e. The van der Waals surface area contributed by atoms with Crippen LogP contribution in [0.1, 0.15) is 41.6 Å². The van der Waals surface area contributed by atoms with Crippen molar-refractivity contribution in [3.8, 4) is 0 Å². The Hall–Kier alpha value is -1.65. The molecule has 2 aliphatic heterocycles. The van der Waals surface area contributed by atoms with Crippen molar-refractivity contribution < 1.29 is 31.1 Å². The van der Waals surface area contributed by atoms with Crippen LogP contribution in [0, 0.1) is 0 Å². The van der Waals surface area contributed by atoms with Gasteiger partial charge in [0.1, 0.15) is 0 Å². The Bertz CT molecular complexity index is 798. The lowest BCUT2D eigenvalue weighted by Gasteiger charge is -2.29.